The quantitative estimate of drug-likeness (QED) is 0.796. The Labute approximate surface area is 141 Å². The van der Waals surface area contributed by atoms with Crippen LogP contribution in [0.5, 0.6) is 0 Å². The summed E-state index contributed by atoms with van der Waals surface area (Å²) in [4.78, 5) is 28.1. The van der Waals surface area contributed by atoms with E-state index in [9.17, 15) is 9.59 Å². The van der Waals surface area contributed by atoms with Crippen LogP contribution < -0.4 is 0 Å². The molecule has 1 fully saturated rings. The molecule has 0 saturated carbocycles. The van der Waals surface area contributed by atoms with E-state index in [-0.39, 0.29) is 18.0 Å². The molecule has 0 spiro atoms. The van der Waals surface area contributed by atoms with E-state index >= 15 is 0 Å². The number of amides is 2. The van der Waals surface area contributed by atoms with Crippen molar-refractivity contribution in [3.05, 3.63) is 24.5 Å². The van der Waals surface area contributed by atoms with Crippen LogP contribution in [0.15, 0.2) is 24.5 Å². The number of hydrogen-bond acceptors (Lipinski definition) is 4. The van der Waals surface area contributed by atoms with Crippen molar-refractivity contribution < 1.29 is 14.3 Å². The first-order chi connectivity index (χ1) is 11.2. The molecule has 2 heterocycles. The van der Waals surface area contributed by atoms with Crippen LogP contribution in [-0.4, -0.2) is 71.2 Å². The molecule has 1 aliphatic heterocycles. The van der Waals surface area contributed by atoms with E-state index < -0.39 is 0 Å². The van der Waals surface area contributed by atoms with Crippen molar-refractivity contribution in [3.8, 4) is 0 Å². The van der Waals surface area contributed by atoms with Gasteiger partial charge in [0.2, 0.25) is 5.91 Å². The van der Waals surface area contributed by atoms with Gasteiger partial charge < -0.3 is 19.1 Å². The summed E-state index contributed by atoms with van der Waals surface area (Å²) in [6, 6.07) is 3.72. The summed E-state index contributed by atoms with van der Waals surface area (Å²) in [5, 5.41) is 0. The van der Waals surface area contributed by atoms with Crippen LogP contribution >= 0.6 is 11.8 Å². The lowest BCUT2D eigenvalue weighted by molar-refractivity contribution is -0.136. The molecule has 23 heavy (non-hydrogen) atoms. The topological polar surface area (TPSA) is 54.8 Å². The van der Waals surface area contributed by atoms with Crippen LogP contribution in [0, 0.1) is 0 Å². The molecule has 1 aromatic rings. The lowest BCUT2D eigenvalue weighted by Crippen LogP contribution is -2.52. The highest BCUT2D eigenvalue weighted by molar-refractivity contribution is 7.98. The maximum Gasteiger partial charge on any atom is 0.409 e. The number of nitrogens with zero attached hydrogens (tertiary/aromatic N) is 3. The smallest absolute Gasteiger partial charge is 0.409 e. The number of thioether (sulfide) groups is 1. The first-order valence-electron chi connectivity index (χ1n) is 7.99. The Hall–Kier alpha value is -1.63. The number of carbonyl (C=O) groups excluding carboxylic acids is 2. The largest absolute Gasteiger partial charge is 0.450 e. The van der Waals surface area contributed by atoms with Gasteiger partial charge in [-0.15, -0.1) is 0 Å². The van der Waals surface area contributed by atoms with Gasteiger partial charge in [-0.2, -0.15) is 11.8 Å². The van der Waals surface area contributed by atoms with Gasteiger partial charge in [0.25, 0.3) is 0 Å². The standard InChI is InChI=1S/C16H25N3O3S/c1-3-22-16(21)19-11-9-18(10-12-19)15(20)14(6-13-23-2)17-7-4-5-8-17/h4-5,7-8,14H,3,6,9-13H2,1-2H3. The molecule has 128 valence electrons. The Kier molecular flexibility index (Phi) is 6.83. The summed E-state index contributed by atoms with van der Waals surface area (Å²) in [6.07, 6.45) is 6.46. The van der Waals surface area contributed by atoms with Gasteiger partial charge in [0.05, 0.1) is 6.61 Å². The lowest BCUT2D eigenvalue weighted by Gasteiger charge is -2.36. The average Bonchev–Trinajstić information content (AvgIpc) is 3.09. The molecule has 2 amide bonds. The molecule has 0 radical (unpaired) electrons. The summed E-state index contributed by atoms with van der Waals surface area (Å²) in [5.74, 6) is 1.08. The minimum atomic E-state index is -0.288. The Morgan fingerprint density at radius 3 is 2.30 bits per heavy atom. The van der Waals surface area contributed by atoms with E-state index in [1.54, 1.807) is 23.6 Å². The molecular weight excluding hydrogens is 314 g/mol. The third-order valence-corrected chi connectivity index (χ3v) is 4.63. The molecule has 1 saturated heterocycles. The fraction of sp³-hybridized carbons (Fsp3) is 0.625. The van der Waals surface area contributed by atoms with Crippen molar-refractivity contribution in [2.75, 3.05) is 44.8 Å². The maximum atomic E-state index is 12.9. The number of hydrogen-bond donors (Lipinski definition) is 0. The lowest BCUT2D eigenvalue weighted by atomic mass is 10.1. The van der Waals surface area contributed by atoms with Gasteiger partial charge in [-0.3, -0.25) is 4.79 Å². The molecule has 1 aliphatic rings. The Balaban J connectivity index is 1.95. The average molecular weight is 339 g/mol. The SMILES string of the molecule is CCOC(=O)N1CCN(C(=O)C(CCSC)n2cccc2)CC1. The van der Waals surface area contributed by atoms with Crippen LogP contribution in [0.3, 0.4) is 0 Å². The molecule has 0 aromatic carbocycles. The van der Waals surface area contributed by atoms with Gasteiger partial charge in [-0.25, -0.2) is 4.79 Å². The monoisotopic (exact) mass is 339 g/mol. The van der Waals surface area contributed by atoms with Crippen molar-refractivity contribution in [3.63, 3.8) is 0 Å². The van der Waals surface area contributed by atoms with E-state index in [2.05, 4.69) is 6.26 Å². The normalized spacial score (nSPS) is 16.3. The van der Waals surface area contributed by atoms with Crippen LogP contribution in [-0.2, 0) is 9.53 Å². The number of rotatable bonds is 6. The van der Waals surface area contributed by atoms with Crippen molar-refractivity contribution in [2.45, 2.75) is 19.4 Å². The van der Waals surface area contributed by atoms with E-state index in [0.717, 1.165) is 12.2 Å². The van der Waals surface area contributed by atoms with Crippen LogP contribution in [0.4, 0.5) is 4.79 Å². The molecule has 0 bridgehead atoms. The van der Waals surface area contributed by atoms with Gasteiger partial charge in [-0.05, 0) is 37.5 Å². The first-order valence-corrected chi connectivity index (χ1v) is 9.38. The minimum absolute atomic E-state index is 0.138. The first kappa shape index (κ1) is 17.7. The molecule has 0 aliphatic carbocycles. The van der Waals surface area contributed by atoms with E-state index in [1.165, 1.54) is 0 Å². The second-order valence-electron chi connectivity index (χ2n) is 5.44. The Morgan fingerprint density at radius 2 is 1.74 bits per heavy atom. The van der Waals surface area contributed by atoms with Gasteiger partial charge in [0.15, 0.2) is 0 Å². The molecule has 2 rings (SSSR count). The van der Waals surface area contributed by atoms with Gasteiger partial charge in [-0.1, -0.05) is 0 Å². The minimum Gasteiger partial charge on any atom is -0.450 e. The maximum absolute atomic E-state index is 12.9. The molecule has 1 atom stereocenters. The summed E-state index contributed by atoms with van der Waals surface area (Å²) in [5.41, 5.74) is 0. The van der Waals surface area contributed by atoms with E-state index in [1.807, 2.05) is 34.0 Å². The second-order valence-corrected chi connectivity index (χ2v) is 6.42. The molecule has 1 aromatic heterocycles. The number of aromatic nitrogens is 1. The van der Waals surface area contributed by atoms with Crippen molar-refractivity contribution in [1.82, 2.24) is 14.4 Å². The zero-order chi connectivity index (χ0) is 16.7. The highest BCUT2D eigenvalue weighted by atomic mass is 32.2. The second kappa shape index (κ2) is 8.86. The molecular formula is C16H25N3O3S. The van der Waals surface area contributed by atoms with Gasteiger partial charge >= 0.3 is 6.09 Å². The zero-order valence-electron chi connectivity index (χ0n) is 13.8. The molecule has 6 nitrogen and oxygen atoms in total. The van der Waals surface area contributed by atoms with Crippen LogP contribution in [0.2, 0.25) is 0 Å². The number of ether oxygens (including phenoxy) is 1. The predicted molar refractivity (Wildman–Crippen MR) is 91.6 cm³/mol. The summed E-state index contributed by atoms with van der Waals surface area (Å²) < 4.78 is 7.00. The highest BCUT2D eigenvalue weighted by Crippen LogP contribution is 2.19. The zero-order valence-corrected chi connectivity index (χ0v) is 14.6. The van der Waals surface area contributed by atoms with Crippen molar-refractivity contribution in [2.24, 2.45) is 0 Å². The molecule has 7 heteroatoms. The fourth-order valence-electron chi connectivity index (χ4n) is 2.72. The van der Waals surface area contributed by atoms with Crippen molar-refractivity contribution in [1.29, 1.82) is 0 Å². The predicted octanol–water partition coefficient (Wildman–Crippen LogP) is 2.08. The van der Waals surface area contributed by atoms with Crippen LogP contribution in [0.25, 0.3) is 0 Å². The number of piperazine rings is 1. The van der Waals surface area contributed by atoms with Crippen LogP contribution in [0.1, 0.15) is 19.4 Å². The third-order valence-electron chi connectivity index (χ3n) is 3.99. The third kappa shape index (κ3) is 4.67. The van der Waals surface area contributed by atoms with E-state index in [4.69, 9.17) is 4.74 Å². The molecule has 1 unspecified atom stereocenters. The van der Waals surface area contributed by atoms with E-state index in [0.29, 0.717) is 32.8 Å². The summed E-state index contributed by atoms with van der Waals surface area (Å²) >= 11 is 1.75. The highest BCUT2D eigenvalue weighted by Gasteiger charge is 2.29. The Morgan fingerprint density at radius 1 is 1.13 bits per heavy atom. The van der Waals surface area contributed by atoms with Crippen molar-refractivity contribution >= 4 is 23.8 Å². The summed E-state index contributed by atoms with van der Waals surface area (Å²) in [7, 11) is 0. The van der Waals surface area contributed by atoms with Gasteiger partial charge in [0.1, 0.15) is 6.04 Å². The molecule has 0 N–H and O–H groups in total. The Bertz CT molecular complexity index is 499. The number of carbonyl (C=O) groups is 2. The summed E-state index contributed by atoms with van der Waals surface area (Å²) in [6.45, 7) is 4.37. The fourth-order valence-corrected chi connectivity index (χ4v) is 3.18. The van der Waals surface area contributed by atoms with Gasteiger partial charge in [0, 0.05) is 38.6 Å².